The highest BCUT2D eigenvalue weighted by atomic mass is 16.5. The van der Waals surface area contributed by atoms with Crippen LogP contribution in [0.4, 0.5) is 0 Å². The number of nitrogens with one attached hydrogen (secondary N) is 1. The summed E-state index contributed by atoms with van der Waals surface area (Å²) in [5.41, 5.74) is 3.33. The van der Waals surface area contributed by atoms with Crippen LogP contribution in [-0.2, 0) is 0 Å². The molecule has 0 spiro atoms. The summed E-state index contributed by atoms with van der Waals surface area (Å²) in [4.78, 5) is 24.6. The van der Waals surface area contributed by atoms with Gasteiger partial charge in [0.15, 0.2) is 11.5 Å². The van der Waals surface area contributed by atoms with Crippen LogP contribution in [0.2, 0.25) is 0 Å². The molecule has 0 saturated carbocycles. The zero-order chi connectivity index (χ0) is 23.8. The van der Waals surface area contributed by atoms with Crippen LogP contribution >= 0.6 is 0 Å². The lowest BCUT2D eigenvalue weighted by Gasteiger charge is -2.13. The van der Waals surface area contributed by atoms with Gasteiger partial charge in [-0.15, -0.1) is 0 Å². The lowest BCUT2D eigenvalue weighted by atomic mass is 10.2. The molecule has 0 saturated heterocycles. The van der Waals surface area contributed by atoms with E-state index in [0.29, 0.717) is 28.6 Å². The lowest BCUT2D eigenvalue weighted by Crippen LogP contribution is -2.17. The van der Waals surface area contributed by atoms with Crippen LogP contribution in [0.5, 0.6) is 28.7 Å². The Balaban J connectivity index is 1.65. The molecule has 0 fully saturated rings. The highest BCUT2D eigenvalue weighted by Crippen LogP contribution is 2.38. The molecular formula is C24H22N2O7. The molecular weight excluding hydrogens is 428 g/mol. The van der Waals surface area contributed by atoms with E-state index in [4.69, 9.17) is 18.9 Å². The van der Waals surface area contributed by atoms with Gasteiger partial charge in [0.25, 0.3) is 5.91 Å². The standard InChI is InChI=1S/C24H22N2O7/c1-30-20-12-16(13-21(31-2)22(20)32-3)24(29)33-17-10-8-15(9-11-17)14-25-26-23(28)18-6-4-5-7-19(18)27/h4-14,27H,1-3H3,(H,26,28)/b25-14+. The minimum atomic E-state index is -0.606. The minimum absolute atomic E-state index is 0.115. The van der Waals surface area contributed by atoms with Gasteiger partial charge in [0.05, 0.1) is 38.7 Å². The first kappa shape index (κ1) is 23.1. The highest BCUT2D eigenvalue weighted by Gasteiger charge is 2.18. The molecule has 3 aromatic carbocycles. The molecule has 0 bridgehead atoms. The number of phenols is 1. The second-order valence-corrected chi connectivity index (χ2v) is 6.59. The average molecular weight is 450 g/mol. The number of amides is 1. The molecule has 0 aliphatic heterocycles. The monoisotopic (exact) mass is 450 g/mol. The van der Waals surface area contributed by atoms with Gasteiger partial charge in [0.2, 0.25) is 5.75 Å². The molecule has 1 amide bonds. The third-order valence-corrected chi connectivity index (χ3v) is 4.52. The van der Waals surface area contributed by atoms with Crippen LogP contribution in [0.1, 0.15) is 26.3 Å². The third-order valence-electron chi connectivity index (χ3n) is 4.52. The van der Waals surface area contributed by atoms with E-state index in [0.717, 1.165) is 0 Å². The number of phenolic OH excluding ortho intramolecular Hbond substituents is 1. The highest BCUT2D eigenvalue weighted by molar-refractivity contribution is 5.97. The second kappa shape index (κ2) is 10.7. The van der Waals surface area contributed by atoms with Gasteiger partial charge < -0.3 is 24.1 Å². The molecule has 0 atom stereocenters. The SMILES string of the molecule is COc1cc(C(=O)Oc2ccc(/C=N/NC(=O)c3ccccc3O)cc2)cc(OC)c1OC. The summed E-state index contributed by atoms with van der Waals surface area (Å²) in [6, 6.07) is 15.6. The van der Waals surface area contributed by atoms with Crippen molar-refractivity contribution in [3.05, 3.63) is 77.4 Å². The summed E-state index contributed by atoms with van der Waals surface area (Å²) >= 11 is 0. The van der Waals surface area contributed by atoms with Gasteiger partial charge in [-0.1, -0.05) is 12.1 Å². The van der Waals surface area contributed by atoms with Gasteiger partial charge in [0.1, 0.15) is 11.5 Å². The van der Waals surface area contributed by atoms with Gasteiger partial charge >= 0.3 is 5.97 Å². The van der Waals surface area contributed by atoms with Crippen molar-refractivity contribution in [3.8, 4) is 28.7 Å². The summed E-state index contributed by atoms with van der Waals surface area (Å²) in [6.45, 7) is 0. The number of carbonyl (C=O) groups excluding carboxylic acids is 2. The zero-order valence-corrected chi connectivity index (χ0v) is 18.2. The van der Waals surface area contributed by atoms with Crippen molar-refractivity contribution in [1.29, 1.82) is 0 Å². The number of hydrazone groups is 1. The van der Waals surface area contributed by atoms with Gasteiger partial charge in [-0.25, -0.2) is 10.2 Å². The largest absolute Gasteiger partial charge is 0.507 e. The number of hydrogen-bond acceptors (Lipinski definition) is 8. The number of methoxy groups -OCH3 is 3. The fourth-order valence-electron chi connectivity index (χ4n) is 2.88. The van der Waals surface area contributed by atoms with Gasteiger partial charge in [-0.3, -0.25) is 4.79 Å². The van der Waals surface area contributed by atoms with E-state index in [1.807, 2.05) is 0 Å². The van der Waals surface area contributed by atoms with Crippen molar-refractivity contribution >= 4 is 18.1 Å². The zero-order valence-electron chi connectivity index (χ0n) is 18.2. The van der Waals surface area contributed by atoms with Gasteiger partial charge in [-0.2, -0.15) is 5.10 Å². The quantitative estimate of drug-likeness (QED) is 0.234. The van der Waals surface area contributed by atoms with Crippen molar-refractivity contribution in [2.45, 2.75) is 0 Å². The van der Waals surface area contributed by atoms with Crippen molar-refractivity contribution in [3.63, 3.8) is 0 Å². The number of para-hydroxylation sites is 1. The van der Waals surface area contributed by atoms with E-state index in [1.54, 1.807) is 36.4 Å². The van der Waals surface area contributed by atoms with Crippen LogP contribution in [0.3, 0.4) is 0 Å². The fourth-order valence-corrected chi connectivity index (χ4v) is 2.88. The van der Waals surface area contributed by atoms with Crippen LogP contribution in [0.15, 0.2) is 65.8 Å². The molecule has 0 unspecified atom stereocenters. The number of hydrogen-bond donors (Lipinski definition) is 2. The first-order valence-electron chi connectivity index (χ1n) is 9.70. The van der Waals surface area contributed by atoms with Crippen molar-refractivity contribution in [2.75, 3.05) is 21.3 Å². The summed E-state index contributed by atoms with van der Waals surface area (Å²) in [5, 5.41) is 13.6. The summed E-state index contributed by atoms with van der Waals surface area (Å²) in [5.74, 6) is 0.0654. The maximum Gasteiger partial charge on any atom is 0.343 e. The van der Waals surface area contributed by atoms with Crippen LogP contribution < -0.4 is 24.4 Å². The summed E-state index contributed by atoms with van der Waals surface area (Å²) in [7, 11) is 4.38. The molecule has 170 valence electrons. The fraction of sp³-hybridized carbons (Fsp3) is 0.125. The Morgan fingerprint density at radius 1 is 0.909 bits per heavy atom. The van der Waals surface area contributed by atoms with E-state index >= 15 is 0 Å². The second-order valence-electron chi connectivity index (χ2n) is 6.59. The molecule has 0 radical (unpaired) electrons. The molecule has 33 heavy (non-hydrogen) atoms. The Bertz CT molecular complexity index is 1150. The molecule has 0 aliphatic carbocycles. The van der Waals surface area contributed by atoms with Crippen LogP contribution in [-0.4, -0.2) is 44.5 Å². The molecule has 2 N–H and O–H groups in total. The Morgan fingerprint density at radius 2 is 1.55 bits per heavy atom. The van der Waals surface area contributed by atoms with Crippen molar-refractivity contribution in [1.82, 2.24) is 5.43 Å². The van der Waals surface area contributed by atoms with Crippen LogP contribution in [0.25, 0.3) is 0 Å². The van der Waals surface area contributed by atoms with Crippen LogP contribution in [0, 0.1) is 0 Å². The molecule has 0 aliphatic rings. The Hall–Kier alpha value is -4.53. The molecule has 9 heteroatoms. The number of esters is 1. The van der Waals surface area contributed by atoms with E-state index < -0.39 is 11.9 Å². The normalized spacial score (nSPS) is 10.5. The first-order chi connectivity index (χ1) is 16.0. The predicted molar refractivity (Wildman–Crippen MR) is 121 cm³/mol. The van der Waals surface area contributed by atoms with E-state index in [1.165, 1.54) is 51.8 Å². The van der Waals surface area contributed by atoms with E-state index in [9.17, 15) is 14.7 Å². The van der Waals surface area contributed by atoms with E-state index in [-0.39, 0.29) is 16.9 Å². The van der Waals surface area contributed by atoms with Crippen molar-refractivity contribution in [2.24, 2.45) is 5.10 Å². The minimum Gasteiger partial charge on any atom is -0.507 e. The first-order valence-corrected chi connectivity index (χ1v) is 9.70. The Kier molecular flexibility index (Phi) is 7.48. The topological polar surface area (TPSA) is 116 Å². The molecule has 3 rings (SSSR count). The van der Waals surface area contributed by atoms with Crippen molar-refractivity contribution < 1.29 is 33.6 Å². The number of ether oxygens (including phenoxy) is 4. The summed E-state index contributed by atoms with van der Waals surface area (Å²) in [6.07, 6.45) is 1.42. The lowest BCUT2D eigenvalue weighted by molar-refractivity contribution is 0.0733. The molecule has 0 heterocycles. The van der Waals surface area contributed by atoms with Gasteiger partial charge in [-0.05, 0) is 54.1 Å². The molecule has 3 aromatic rings. The average Bonchev–Trinajstić information content (AvgIpc) is 2.84. The number of aromatic hydroxyl groups is 1. The smallest absolute Gasteiger partial charge is 0.343 e. The molecule has 9 nitrogen and oxygen atoms in total. The maximum atomic E-state index is 12.6. The van der Waals surface area contributed by atoms with E-state index in [2.05, 4.69) is 10.5 Å². The Morgan fingerprint density at radius 3 is 2.12 bits per heavy atom. The Labute approximate surface area is 190 Å². The van der Waals surface area contributed by atoms with Gasteiger partial charge in [0, 0.05) is 0 Å². The third kappa shape index (κ3) is 5.59. The number of nitrogens with zero attached hydrogens (tertiary/aromatic N) is 1. The maximum absolute atomic E-state index is 12.6. The number of rotatable bonds is 8. The number of carbonyl (C=O) groups is 2. The predicted octanol–water partition coefficient (Wildman–Crippen LogP) is 3.40. The summed E-state index contributed by atoms with van der Waals surface area (Å²) < 4.78 is 21.2. The molecule has 0 aromatic heterocycles. The number of benzene rings is 3.